The summed E-state index contributed by atoms with van der Waals surface area (Å²) >= 11 is 0. The molecule has 148 valence electrons. The van der Waals surface area contributed by atoms with Crippen molar-refractivity contribution in [3.05, 3.63) is 96.6 Å². The molecule has 0 saturated heterocycles. The van der Waals surface area contributed by atoms with E-state index in [1.54, 1.807) is 24.4 Å². The zero-order valence-electron chi connectivity index (χ0n) is 16.5. The van der Waals surface area contributed by atoms with Crippen LogP contribution in [0.3, 0.4) is 0 Å². The van der Waals surface area contributed by atoms with Gasteiger partial charge in [0, 0.05) is 22.9 Å². The number of phenols is 2. The first kappa shape index (κ1) is 19.3. The van der Waals surface area contributed by atoms with E-state index in [9.17, 15) is 10.2 Å². The molecular formula is C26H21NO3. The molecule has 0 fully saturated rings. The number of hydrogen-bond acceptors (Lipinski definition) is 4. The topological polar surface area (TPSA) is 62.0 Å². The lowest BCUT2D eigenvalue weighted by atomic mass is 9.96. The quantitative estimate of drug-likeness (QED) is 0.396. The predicted octanol–water partition coefficient (Wildman–Crippen LogP) is 6.19. The number of nitrogens with zero attached hydrogens (tertiary/aromatic N) is 1. The van der Waals surface area contributed by atoms with Crippen molar-refractivity contribution in [1.29, 1.82) is 0 Å². The maximum atomic E-state index is 11.0. The van der Waals surface area contributed by atoms with Crippen molar-refractivity contribution >= 4 is 11.9 Å². The predicted molar refractivity (Wildman–Crippen MR) is 121 cm³/mol. The molecule has 4 nitrogen and oxygen atoms in total. The molecule has 0 spiro atoms. The van der Waals surface area contributed by atoms with Crippen molar-refractivity contribution < 1.29 is 14.9 Å². The van der Waals surface area contributed by atoms with E-state index in [1.165, 1.54) is 7.11 Å². The molecule has 0 saturated carbocycles. The highest BCUT2D eigenvalue weighted by Crippen LogP contribution is 2.41. The molecule has 30 heavy (non-hydrogen) atoms. The second kappa shape index (κ2) is 8.53. The Labute approximate surface area is 175 Å². The van der Waals surface area contributed by atoms with E-state index in [0.29, 0.717) is 28.1 Å². The van der Waals surface area contributed by atoms with E-state index in [4.69, 9.17) is 4.74 Å². The zero-order chi connectivity index (χ0) is 20.9. The third-order valence-electron chi connectivity index (χ3n) is 4.87. The lowest BCUT2D eigenvalue weighted by molar-refractivity contribution is 0.373. The number of ether oxygens (including phenoxy) is 1. The Bertz CT molecular complexity index is 1130. The van der Waals surface area contributed by atoms with Gasteiger partial charge >= 0.3 is 0 Å². The minimum Gasteiger partial charge on any atom is -0.507 e. The standard InChI is InChI=1S/C26H21NO3/c1-30-24-14-8-13-20(25(24)28)17-27-21-15-22(18-9-4-2-5-10-18)26(29)23(16-21)19-11-6-3-7-12-19/h2-17,28-29H,1H3. The minimum atomic E-state index is 0.0362. The Morgan fingerprint density at radius 3 is 1.80 bits per heavy atom. The molecule has 0 amide bonds. The van der Waals surface area contributed by atoms with Gasteiger partial charge in [0.05, 0.1) is 12.8 Å². The van der Waals surface area contributed by atoms with Gasteiger partial charge in [-0.25, -0.2) is 0 Å². The third-order valence-corrected chi connectivity index (χ3v) is 4.87. The molecule has 4 heteroatoms. The molecule has 0 aliphatic heterocycles. The molecule has 4 rings (SSSR count). The Hall–Kier alpha value is -4.05. The summed E-state index contributed by atoms with van der Waals surface area (Å²) in [4.78, 5) is 4.57. The maximum absolute atomic E-state index is 11.0. The van der Waals surface area contributed by atoms with E-state index < -0.39 is 0 Å². The summed E-state index contributed by atoms with van der Waals surface area (Å²) in [5.41, 5.74) is 4.39. The van der Waals surface area contributed by atoms with Gasteiger partial charge in [0.15, 0.2) is 11.5 Å². The molecule has 4 aromatic carbocycles. The van der Waals surface area contributed by atoms with Crippen LogP contribution in [0.4, 0.5) is 5.69 Å². The second-order valence-corrected chi connectivity index (χ2v) is 6.78. The number of rotatable bonds is 5. The smallest absolute Gasteiger partial charge is 0.166 e. The number of benzene rings is 4. The molecule has 4 aromatic rings. The molecule has 0 atom stereocenters. The van der Waals surface area contributed by atoms with E-state index >= 15 is 0 Å². The van der Waals surface area contributed by atoms with E-state index in [2.05, 4.69) is 4.99 Å². The van der Waals surface area contributed by atoms with Crippen LogP contribution in [-0.2, 0) is 0 Å². The highest BCUT2D eigenvalue weighted by molar-refractivity contribution is 5.89. The van der Waals surface area contributed by atoms with Crippen molar-refractivity contribution in [2.24, 2.45) is 4.99 Å². The highest BCUT2D eigenvalue weighted by atomic mass is 16.5. The molecule has 0 aromatic heterocycles. The molecule has 0 aliphatic rings. The fourth-order valence-corrected chi connectivity index (χ4v) is 3.32. The molecule has 0 aliphatic carbocycles. The van der Waals surface area contributed by atoms with E-state index in [-0.39, 0.29) is 11.5 Å². The lowest BCUT2D eigenvalue weighted by Crippen LogP contribution is -1.89. The fourth-order valence-electron chi connectivity index (χ4n) is 3.32. The first-order valence-electron chi connectivity index (χ1n) is 9.55. The van der Waals surface area contributed by atoms with Gasteiger partial charge in [-0.3, -0.25) is 4.99 Å². The van der Waals surface area contributed by atoms with Crippen LogP contribution in [-0.4, -0.2) is 23.5 Å². The largest absolute Gasteiger partial charge is 0.507 e. The van der Waals surface area contributed by atoms with Crippen LogP contribution in [0.2, 0.25) is 0 Å². The van der Waals surface area contributed by atoms with Gasteiger partial charge in [-0.2, -0.15) is 0 Å². The number of phenolic OH excluding ortho intramolecular Hbond substituents is 2. The number of hydrogen-bond donors (Lipinski definition) is 2. The SMILES string of the molecule is COc1cccc(C=Nc2cc(-c3ccccc3)c(O)c(-c3ccccc3)c2)c1O. The molecule has 0 radical (unpaired) electrons. The Morgan fingerprint density at radius 1 is 0.700 bits per heavy atom. The Kier molecular flexibility index (Phi) is 5.48. The summed E-state index contributed by atoms with van der Waals surface area (Å²) in [6, 6.07) is 28.3. The zero-order valence-corrected chi connectivity index (χ0v) is 16.5. The Balaban J connectivity index is 1.84. The summed E-state index contributed by atoms with van der Waals surface area (Å²) in [6.07, 6.45) is 1.59. The Morgan fingerprint density at radius 2 is 1.27 bits per heavy atom. The average molecular weight is 395 g/mol. The van der Waals surface area contributed by atoms with Crippen LogP contribution in [0.25, 0.3) is 22.3 Å². The van der Waals surface area contributed by atoms with E-state index in [1.807, 2.05) is 72.8 Å². The summed E-state index contributed by atoms with van der Waals surface area (Å²) in [5, 5.41) is 21.3. The highest BCUT2D eigenvalue weighted by Gasteiger charge is 2.13. The van der Waals surface area contributed by atoms with Crippen LogP contribution >= 0.6 is 0 Å². The summed E-state index contributed by atoms with van der Waals surface area (Å²) in [6.45, 7) is 0. The van der Waals surface area contributed by atoms with Crippen molar-refractivity contribution in [3.8, 4) is 39.5 Å². The first-order valence-corrected chi connectivity index (χ1v) is 9.55. The van der Waals surface area contributed by atoms with E-state index in [0.717, 1.165) is 11.1 Å². The molecule has 0 unspecified atom stereocenters. The van der Waals surface area contributed by atoms with Crippen LogP contribution in [0.15, 0.2) is 96.0 Å². The van der Waals surface area contributed by atoms with Crippen LogP contribution in [0, 0.1) is 0 Å². The maximum Gasteiger partial charge on any atom is 0.166 e. The van der Waals surface area contributed by atoms with Gasteiger partial charge in [-0.1, -0.05) is 66.7 Å². The first-order chi connectivity index (χ1) is 14.7. The van der Waals surface area contributed by atoms with Crippen LogP contribution in [0.5, 0.6) is 17.2 Å². The van der Waals surface area contributed by atoms with Crippen molar-refractivity contribution in [2.75, 3.05) is 7.11 Å². The number of aromatic hydroxyl groups is 2. The fraction of sp³-hybridized carbons (Fsp3) is 0.0385. The summed E-state index contributed by atoms with van der Waals surface area (Å²) in [5.74, 6) is 0.629. The van der Waals surface area contributed by atoms with Crippen molar-refractivity contribution in [1.82, 2.24) is 0 Å². The van der Waals surface area contributed by atoms with Crippen molar-refractivity contribution in [3.63, 3.8) is 0 Å². The molecule has 0 heterocycles. The number of methoxy groups -OCH3 is 1. The summed E-state index contributed by atoms with van der Waals surface area (Å²) in [7, 11) is 1.51. The molecule has 2 N–H and O–H groups in total. The average Bonchev–Trinajstić information content (AvgIpc) is 2.80. The molecular weight excluding hydrogens is 374 g/mol. The number of aliphatic imine (C=N–C) groups is 1. The van der Waals surface area contributed by atoms with Gasteiger partial charge in [-0.15, -0.1) is 0 Å². The minimum absolute atomic E-state index is 0.0362. The summed E-state index contributed by atoms with van der Waals surface area (Å²) < 4.78 is 5.16. The van der Waals surface area contributed by atoms with Crippen LogP contribution in [0.1, 0.15) is 5.56 Å². The van der Waals surface area contributed by atoms with Crippen molar-refractivity contribution in [2.45, 2.75) is 0 Å². The normalized spacial score (nSPS) is 11.0. The van der Waals surface area contributed by atoms with Gasteiger partial charge in [0.1, 0.15) is 5.75 Å². The lowest BCUT2D eigenvalue weighted by Gasteiger charge is -2.12. The second-order valence-electron chi connectivity index (χ2n) is 6.78. The van der Waals surface area contributed by atoms with Gasteiger partial charge in [0.25, 0.3) is 0 Å². The van der Waals surface area contributed by atoms with Gasteiger partial charge < -0.3 is 14.9 Å². The molecule has 0 bridgehead atoms. The monoisotopic (exact) mass is 395 g/mol. The van der Waals surface area contributed by atoms with Crippen LogP contribution < -0.4 is 4.74 Å². The van der Waals surface area contributed by atoms with Gasteiger partial charge in [-0.05, 0) is 35.4 Å². The van der Waals surface area contributed by atoms with Gasteiger partial charge in [0.2, 0.25) is 0 Å². The number of para-hydroxylation sites is 1. The third kappa shape index (κ3) is 3.89.